The molecule has 0 saturated carbocycles. The fraction of sp³-hybridized carbons (Fsp3) is 0.294. The lowest BCUT2D eigenvalue weighted by Gasteiger charge is -2.13. The molecule has 4 heterocycles. The van der Waals surface area contributed by atoms with Crippen LogP contribution in [-0.2, 0) is 4.84 Å². The van der Waals surface area contributed by atoms with Gasteiger partial charge < -0.3 is 9.57 Å². The van der Waals surface area contributed by atoms with Crippen LogP contribution in [0.2, 0.25) is 0 Å². The van der Waals surface area contributed by atoms with E-state index in [1.807, 2.05) is 38.4 Å². The van der Waals surface area contributed by atoms with Crippen LogP contribution in [0.1, 0.15) is 26.0 Å². The molecule has 128 valence electrons. The van der Waals surface area contributed by atoms with E-state index in [9.17, 15) is 0 Å². The maximum atomic E-state index is 5.75. The molecule has 3 aromatic heterocycles. The molecular formula is C17H16N4O2S2. The summed E-state index contributed by atoms with van der Waals surface area (Å²) in [4.78, 5) is 19.8. The maximum absolute atomic E-state index is 5.75. The van der Waals surface area contributed by atoms with E-state index in [0.717, 1.165) is 36.9 Å². The lowest BCUT2D eigenvalue weighted by Crippen LogP contribution is -2.16. The van der Waals surface area contributed by atoms with Crippen LogP contribution in [0.5, 0.6) is 5.06 Å². The van der Waals surface area contributed by atoms with E-state index in [2.05, 4.69) is 15.1 Å². The molecule has 25 heavy (non-hydrogen) atoms. The van der Waals surface area contributed by atoms with Crippen molar-refractivity contribution < 1.29 is 9.57 Å². The number of fused-ring (bicyclic) bond motifs is 1. The van der Waals surface area contributed by atoms with Gasteiger partial charge in [-0.3, -0.25) is 4.98 Å². The summed E-state index contributed by atoms with van der Waals surface area (Å²) in [5, 5.41) is 6.85. The maximum Gasteiger partial charge on any atom is 0.204 e. The summed E-state index contributed by atoms with van der Waals surface area (Å²) in [6.07, 6.45) is 6.16. The van der Waals surface area contributed by atoms with Crippen molar-refractivity contribution >= 4 is 28.4 Å². The number of oxime groups is 1. The number of aromatic nitrogens is 3. The molecule has 0 N–H and O–H groups in total. The summed E-state index contributed by atoms with van der Waals surface area (Å²) in [6.45, 7) is 4.50. The number of hydrogen-bond donors (Lipinski definition) is 0. The van der Waals surface area contributed by atoms with Crippen molar-refractivity contribution in [3.8, 4) is 25.5 Å². The molecule has 0 saturated heterocycles. The summed E-state index contributed by atoms with van der Waals surface area (Å²) < 4.78 is 5.75. The Bertz CT molecular complexity index is 903. The fourth-order valence-corrected chi connectivity index (χ4v) is 4.21. The Morgan fingerprint density at radius 3 is 2.96 bits per heavy atom. The molecule has 8 heteroatoms. The zero-order valence-electron chi connectivity index (χ0n) is 13.8. The molecule has 6 nitrogen and oxygen atoms in total. The Morgan fingerprint density at radius 1 is 1.24 bits per heavy atom. The molecular weight excluding hydrogens is 356 g/mol. The first-order valence-corrected chi connectivity index (χ1v) is 9.57. The minimum absolute atomic E-state index is 0.0421. The monoisotopic (exact) mass is 372 g/mol. The first-order chi connectivity index (χ1) is 12.2. The van der Waals surface area contributed by atoms with Crippen molar-refractivity contribution in [3.05, 3.63) is 36.4 Å². The van der Waals surface area contributed by atoms with Crippen molar-refractivity contribution in [3.63, 3.8) is 0 Å². The summed E-state index contributed by atoms with van der Waals surface area (Å²) >= 11 is 3.11. The number of hydrogen-bond acceptors (Lipinski definition) is 8. The third kappa shape index (κ3) is 3.40. The van der Waals surface area contributed by atoms with Gasteiger partial charge in [0.15, 0.2) is 0 Å². The van der Waals surface area contributed by atoms with E-state index < -0.39 is 0 Å². The van der Waals surface area contributed by atoms with Crippen molar-refractivity contribution in [1.82, 2.24) is 15.0 Å². The number of nitrogens with zero attached hydrogens (tertiary/aromatic N) is 4. The average Bonchev–Trinajstić information content (AvgIpc) is 3.27. The highest BCUT2D eigenvalue weighted by Gasteiger charge is 2.24. The fourth-order valence-electron chi connectivity index (χ4n) is 2.30. The Morgan fingerprint density at radius 2 is 2.16 bits per heavy atom. The van der Waals surface area contributed by atoms with Crippen LogP contribution >= 0.6 is 22.7 Å². The SMILES string of the molecule is CC(C)O/N=C1\CCOc2sc(-c3cnc(-c4cccnc4)s3)nc21. The Balaban J connectivity index is 1.65. The Hall–Kier alpha value is -2.32. The molecule has 1 aliphatic heterocycles. The van der Waals surface area contributed by atoms with Crippen LogP contribution in [0, 0.1) is 0 Å². The minimum Gasteiger partial charge on any atom is -0.482 e. The van der Waals surface area contributed by atoms with Crippen LogP contribution in [0.4, 0.5) is 0 Å². The second kappa shape index (κ2) is 6.89. The van der Waals surface area contributed by atoms with Gasteiger partial charge in [-0.1, -0.05) is 16.5 Å². The topological polar surface area (TPSA) is 69.5 Å². The number of rotatable bonds is 4. The first-order valence-electron chi connectivity index (χ1n) is 7.94. The molecule has 0 fully saturated rings. The third-order valence-corrected chi connectivity index (χ3v) is 5.62. The highest BCUT2D eigenvalue weighted by molar-refractivity contribution is 7.24. The highest BCUT2D eigenvalue weighted by atomic mass is 32.1. The van der Waals surface area contributed by atoms with E-state index in [1.54, 1.807) is 17.5 Å². The van der Waals surface area contributed by atoms with Crippen molar-refractivity contribution in [2.75, 3.05) is 6.61 Å². The molecule has 0 atom stereocenters. The summed E-state index contributed by atoms with van der Waals surface area (Å²) in [5.74, 6) is 0. The van der Waals surface area contributed by atoms with Crippen LogP contribution in [0.3, 0.4) is 0 Å². The molecule has 3 aromatic rings. The van der Waals surface area contributed by atoms with E-state index in [0.29, 0.717) is 13.0 Å². The minimum atomic E-state index is 0.0421. The number of thiazole rings is 2. The van der Waals surface area contributed by atoms with E-state index in [4.69, 9.17) is 14.6 Å². The van der Waals surface area contributed by atoms with Crippen molar-refractivity contribution in [2.45, 2.75) is 26.4 Å². The molecule has 4 rings (SSSR count). The predicted octanol–water partition coefficient (Wildman–Crippen LogP) is 4.24. The van der Waals surface area contributed by atoms with Gasteiger partial charge in [-0.15, -0.1) is 11.3 Å². The van der Waals surface area contributed by atoms with Gasteiger partial charge in [-0.05, 0) is 26.0 Å². The van der Waals surface area contributed by atoms with Crippen molar-refractivity contribution in [2.24, 2.45) is 5.16 Å². The molecule has 0 spiro atoms. The summed E-state index contributed by atoms with van der Waals surface area (Å²) in [7, 11) is 0. The summed E-state index contributed by atoms with van der Waals surface area (Å²) in [6, 6.07) is 3.91. The quantitative estimate of drug-likeness (QED) is 0.641. The normalized spacial score (nSPS) is 15.2. The van der Waals surface area contributed by atoms with Crippen molar-refractivity contribution in [1.29, 1.82) is 0 Å². The van der Waals surface area contributed by atoms with Gasteiger partial charge in [-0.25, -0.2) is 9.97 Å². The molecule has 1 aliphatic rings. The first kappa shape index (κ1) is 16.2. The second-order valence-electron chi connectivity index (χ2n) is 5.72. The summed E-state index contributed by atoms with van der Waals surface area (Å²) in [5.41, 5.74) is 2.63. The molecule has 0 aliphatic carbocycles. The molecule has 0 unspecified atom stereocenters. The molecule has 0 radical (unpaired) electrons. The average molecular weight is 372 g/mol. The van der Waals surface area contributed by atoms with Gasteiger partial charge in [0.05, 0.1) is 11.5 Å². The van der Waals surface area contributed by atoms with E-state index in [1.165, 1.54) is 11.3 Å². The van der Waals surface area contributed by atoms with Gasteiger partial charge in [0, 0.05) is 30.6 Å². The second-order valence-corrected chi connectivity index (χ2v) is 7.71. The predicted molar refractivity (Wildman–Crippen MR) is 99.3 cm³/mol. The zero-order valence-corrected chi connectivity index (χ0v) is 15.4. The van der Waals surface area contributed by atoms with Crippen LogP contribution in [-0.4, -0.2) is 33.4 Å². The molecule has 0 bridgehead atoms. The van der Waals surface area contributed by atoms with E-state index in [-0.39, 0.29) is 6.10 Å². The lowest BCUT2D eigenvalue weighted by molar-refractivity contribution is 0.0849. The smallest absolute Gasteiger partial charge is 0.204 e. The third-order valence-electron chi connectivity index (χ3n) is 3.44. The Labute approximate surface area is 153 Å². The number of ether oxygens (including phenoxy) is 1. The number of pyridine rings is 1. The van der Waals surface area contributed by atoms with Gasteiger partial charge in [0.25, 0.3) is 0 Å². The molecule has 0 aromatic carbocycles. The zero-order chi connectivity index (χ0) is 17.2. The van der Waals surface area contributed by atoms with Gasteiger partial charge in [-0.2, -0.15) is 0 Å². The lowest BCUT2D eigenvalue weighted by atomic mass is 10.2. The van der Waals surface area contributed by atoms with Gasteiger partial charge in [0.1, 0.15) is 27.5 Å². The van der Waals surface area contributed by atoms with Gasteiger partial charge in [0.2, 0.25) is 5.06 Å². The van der Waals surface area contributed by atoms with Crippen LogP contribution in [0.25, 0.3) is 20.5 Å². The van der Waals surface area contributed by atoms with E-state index >= 15 is 0 Å². The molecule has 0 amide bonds. The van der Waals surface area contributed by atoms with Crippen LogP contribution < -0.4 is 4.74 Å². The highest BCUT2D eigenvalue weighted by Crippen LogP contribution is 2.40. The van der Waals surface area contributed by atoms with Crippen LogP contribution in [0.15, 0.2) is 35.9 Å². The van der Waals surface area contributed by atoms with Gasteiger partial charge >= 0.3 is 0 Å². The largest absolute Gasteiger partial charge is 0.482 e. The standard InChI is InChI=1S/C17H16N4O2S2/c1-10(2)23-21-12-5-7-22-17-14(12)20-16(25-17)13-9-19-15(24-13)11-4-3-6-18-8-11/h3-4,6,8-10H,5,7H2,1-2H3/b21-12+. The Kier molecular flexibility index (Phi) is 4.46.